The van der Waals surface area contributed by atoms with Gasteiger partial charge in [-0.1, -0.05) is 11.8 Å². The maximum Gasteiger partial charge on any atom is 0.233 e. The number of amides is 2. The summed E-state index contributed by atoms with van der Waals surface area (Å²) in [5, 5.41) is 7.43. The molecule has 1 aromatic rings. The first-order chi connectivity index (χ1) is 12.1. The Kier molecular flexibility index (Phi) is 4.47. The van der Waals surface area contributed by atoms with Crippen molar-refractivity contribution >= 4 is 23.6 Å². The van der Waals surface area contributed by atoms with Crippen LogP contribution in [-0.4, -0.2) is 68.7 Å². The minimum absolute atomic E-state index is 0.0800. The standard InChI is InChI=1S/C17H25N5O2S/c1-12-18-16(20-19-12)25-10-14(23)22-8-6-17(11-22)5-2-7-21(15(17)24)9-13-3-4-13/h13H,2-11H2,1H3,(H,18,19,20)/t17-/m0/s1. The summed E-state index contributed by atoms with van der Waals surface area (Å²) in [5.41, 5.74) is -0.325. The molecule has 1 aromatic heterocycles. The van der Waals surface area contributed by atoms with Crippen molar-refractivity contribution in [3.8, 4) is 0 Å². The van der Waals surface area contributed by atoms with Crippen molar-refractivity contribution in [3.63, 3.8) is 0 Å². The van der Waals surface area contributed by atoms with E-state index in [9.17, 15) is 9.59 Å². The number of hydrogen-bond donors (Lipinski definition) is 1. The van der Waals surface area contributed by atoms with Crippen LogP contribution in [0, 0.1) is 18.3 Å². The molecule has 0 bridgehead atoms. The Labute approximate surface area is 151 Å². The Hall–Kier alpha value is -1.57. The predicted molar refractivity (Wildman–Crippen MR) is 94.0 cm³/mol. The van der Waals surface area contributed by atoms with Gasteiger partial charge in [-0.2, -0.15) is 0 Å². The van der Waals surface area contributed by atoms with Crippen LogP contribution < -0.4 is 0 Å². The van der Waals surface area contributed by atoms with Gasteiger partial charge in [0, 0.05) is 26.2 Å². The second-order valence-electron chi connectivity index (χ2n) is 7.64. The fraction of sp³-hybridized carbons (Fsp3) is 0.765. The van der Waals surface area contributed by atoms with Crippen LogP contribution in [0.15, 0.2) is 5.16 Å². The molecule has 25 heavy (non-hydrogen) atoms. The first-order valence-corrected chi connectivity index (χ1v) is 10.1. The van der Waals surface area contributed by atoms with Crippen LogP contribution in [-0.2, 0) is 9.59 Å². The first kappa shape index (κ1) is 16.9. The Balaban J connectivity index is 1.34. The van der Waals surface area contributed by atoms with Gasteiger partial charge in [-0.25, -0.2) is 4.98 Å². The summed E-state index contributed by atoms with van der Waals surface area (Å²) in [6.07, 6.45) is 5.32. The lowest BCUT2D eigenvalue weighted by atomic mass is 9.78. The van der Waals surface area contributed by atoms with Gasteiger partial charge in [-0.15, -0.1) is 5.10 Å². The molecule has 0 unspecified atom stereocenters. The summed E-state index contributed by atoms with van der Waals surface area (Å²) in [5.74, 6) is 2.17. The van der Waals surface area contributed by atoms with E-state index >= 15 is 0 Å². The van der Waals surface area contributed by atoms with E-state index in [0.29, 0.717) is 24.0 Å². The molecule has 3 fully saturated rings. The fourth-order valence-corrected chi connectivity index (χ4v) is 4.75. The molecule has 4 rings (SSSR count). The van der Waals surface area contributed by atoms with Crippen LogP contribution in [0.4, 0.5) is 0 Å². The van der Waals surface area contributed by atoms with E-state index in [1.165, 1.54) is 24.6 Å². The Morgan fingerprint density at radius 1 is 1.36 bits per heavy atom. The van der Waals surface area contributed by atoms with E-state index < -0.39 is 0 Å². The molecule has 3 aliphatic rings. The third-order valence-corrected chi connectivity index (χ3v) is 6.44. The minimum Gasteiger partial charge on any atom is -0.342 e. The Morgan fingerprint density at radius 2 is 2.20 bits per heavy atom. The average molecular weight is 363 g/mol. The second-order valence-corrected chi connectivity index (χ2v) is 8.58. The summed E-state index contributed by atoms with van der Waals surface area (Å²) in [4.78, 5) is 33.7. The summed E-state index contributed by atoms with van der Waals surface area (Å²) in [7, 11) is 0. The molecule has 3 heterocycles. The molecule has 136 valence electrons. The van der Waals surface area contributed by atoms with Crippen molar-refractivity contribution in [3.05, 3.63) is 5.82 Å². The van der Waals surface area contributed by atoms with E-state index in [2.05, 4.69) is 20.1 Å². The normalized spacial score (nSPS) is 26.7. The molecule has 7 nitrogen and oxygen atoms in total. The van der Waals surface area contributed by atoms with Crippen molar-refractivity contribution in [2.75, 3.05) is 31.9 Å². The number of rotatable bonds is 5. The second kappa shape index (κ2) is 6.63. The van der Waals surface area contributed by atoms with Gasteiger partial charge in [-0.05, 0) is 44.9 Å². The molecular formula is C17H25N5O2S. The van der Waals surface area contributed by atoms with Gasteiger partial charge in [0.15, 0.2) is 0 Å². The number of hydrogen-bond acceptors (Lipinski definition) is 5. The number of piperidine rings is 1. The zero-order valence-corrected chi connectivity index (χ0v) is 15.5. The maximum absolute atomic E-state index is 13.0. The van der Waals surface area contributed by atoms with Crippen molar-refractivity contribution in [1.29, 1.82) is 0 Å². The van der Waals surface area contributed by atoms with Gasteiger partial charge in [-0.3, -0.25) is 14.7 Å². The fourth-order valence-electron chi connectivity index (χ4n) is 4.01. The number of thioether (sulfide) groups is 1. The van der Waals surface area contributed by atoms with Crippen molar-refractivity contribution in [2.45, 2.75) is 44.2 Å². The summed E-state index contributed by atoms with van der Waals surface area (Å²) < 4.78 is 0. The molecule has 2 saturated heterocycles. The highest BCUT2D eigenvalue weighted by Gasteiger charge is 2.49. The molecular weight excluding hydrogens is 338 g/mol. The van der Waals surface area contributed by atoms with Gasteiger partial charge < -0.3 is 9.80 Å². The summed E-state index contributed by atoms with van der Waals surface area (Å²) in [6, 6.07) is 0. The molecule has 1 atom stereocenters. The van der Waals surface area contributed by atoms with Crippen molar-refractivity contribution < 1.29 is 9.59 Å². The number of aryl methyl sites for hydroxylation is 1. The number of likely N-dealkylation sites (tertiary alicyclic amines) is 2. The number of nitrogens with zero attached hydrogens (tertiary/aromatic N) is 4. The molecule has 1 N–H and O–H groups in total. The molecule has 2 amide bonds. The van der Waals surface area contributed by atoms with Crippen LogP contribution in [0.3, 0.4) is 0 Å². The highest BCUT2D eigenvalue weighted by atomic mass is 32.2. The quantitative estimate of drug-likeness (QED) is 0.801. The SMILES string of the molecule is Cc1nc(SCC(=O)N2CC[C@@]3(CCCN(CC4CC4)C3=O)C2)n[nH]1. The van der Waals surface area contributed by atoms with E-state index in [1.54, 1.807) is 0 Å². The van der Waals surface area contributed by atoms with Crippen LogP contribution in [0.1, 0.15) is 37.9 Å². The molecule has 8 heteroatoms. The molecule has 1 aliphatic carbocycles. The first-order valence-electron chi connectivity index (χ1n) is 9.15. The lowest BCUT2D eigenvalue weighted by Gasteiger charge is -2.39. The highest BCUT2D eigenvalue weighted by molar-refractivity contribution is 7.99. The number of nitrogens with one attached hydrogen (secondary N) is 1. The third kappa shape index (κ3) is 3.54. The van der Waals surface area contributed by atoms with E-state index in [0.717, 1.165) is 44.1 Å². The minimum atomic E-state index is -0.325. The Morgan fingerprint density at radius 3 is 2.92 bits per heavy atom. The van der Waals surface area contributed by atoms with Gasteiger partial charge in [0.05, 0.1) is 11.2 Å². The van der Waals surface area contributed by atoms with Crippen molar-refractivity contribution in [2.24, 2.45) is 11.3 Å². The predicted octanol–water partition coefficient (Wildman–Crippen LogP) is 1.46. The Bertz CT molecular complexity index is 674. The molecule has 1 saturated carbocycles. The van der Waals surface area contributed by atoms with Gasteiger partial charge in [0.2, 0.25) is 17.0 Å². The number of H-pyrrole nitrogens is 1. The molecule has 0 aromatic carbocycles. The lowest BCUT2D eigenvalue weighted by Crippen LogP contribution is -2.51. The number of aromatic nitrogens is 3. The molecule has 2 aliphatic heterocycles. The molecule has 0 radical (unpaired) electrons. The van der Waals surface area contributed by atoms with Crippen LogP contribution in [0.25, 0.3) is 0 Å². The van der Waals surface area contributed by atoms with Crippen LogP contribution >= 0.6 is 11.8 Å². The zero-order valence-electron chi connectivity index (χ0n) is 14.7. The number of aromatic amines is 1. The number of carbonyl (C=O) groups excluding carboxylic acids is 2. The van der Waals surface area contributed by atoms with Gasteiger partial charge in [0.25, 0.3) is 0 Å². The van der Waals surface area contributed by atoms with Gasteiger partial charge >= 0.3 is 0 Å². The molecule has 1 spiro atoms. The van der Waals surface area contributed by atoms with Crippen LogP contribution in [0.2, 0.25) is 0 Å². The van der Waals surface area contributed by atoms with E-state index in [1.807, 2.05) is 11.8 Å². The largest absolute Gasteiger partial charge is 0.342 e. The highest BCUT2D eigenvalue weighted by Crippen LogP contribution is 2.41. The lowest BCUT2D eigenvalue weighted by molar-refractivity contribution is -0.146. The third-order valence-electron chi connectivity index (χ3n) is 5.61. The smallest absolute Gasteiger partial charge is 0.233 e. The monoisotopic (exact) mass is 363 g/mol. The van der Waals surface area contributed by atoms with E-state index in [4.69, 9.17) is 0 Å². The van der Waals surface area contributed by atoms with Gasteiger partial charge in [0.1, 0.15) is 5.82 Å². The zero-order chi connectivity index (χ0) is 17.4. The summed E-state index contributed by atoms with van der Waals surface area (Å²) in [6.45, 7) is 4.93. The topological polar surface area (TPSA) is 82.2 Å². The van der Waals surface area contributed by atoms with Crippen molar-refractivity contribution in [1.82, 2.24) is 25.0 Å². The number of carbonyl (C=O) groups is 2. The maximum atomic E-state index is 13.0. The van der Waals surface area contributed by atoms with E-state index in [-0.39, 0.29) is 17.2 Å². The van der Waals surface area contributed by atoms with Crippen LogP contribution in [0.5, 0.6) is 0 Å². The summed E-state index contributed by atoms with van der Waals surface area (Å²) >= 11 is 1.35. The average Bonchev–Trinajstić information content (AvgIpc) is 3.15.